The van der Waals surface area contributed by atoms with E-state index in [1.807, 2.05) is 54.6 Å². The van der Waals surface area contributed by atoms with Crippen molar-refractivity contribution in [3.63, 3.8) is 0 Å². The van der Waals surface area contributed by atoms with Gasteiger partial charge < -0.3 is 36.6 Å². The highest BCUT2D eigenvalue weighted by atomic mass is 32.1. The quantitative estimate of drug-likeness (QED) is 0.114. The van der Waals surface area contributed by atoms with Crippen molar-refractivity contribution >= 4 is 52.4 Å². The van der Waals surface area contributed by atoms with Gasteiger partial charge in [-0.1, -0.05) is 103 Å². The maximum Gasteiger partial charge on any atom is 0.307 e. The Kier molecular flexibility index (Phi) is 14.1. The Bertz CT molecular complexity index is 2230. The van der Waals surface area contributed by atoms with Crippen molar-refractivity contribution < 1.29 is 44.1 Å². The minimum atomic E-state index is -2.29. The Morgan fingerprint density at radius 3 is 1.73 bits per heavy atom. The number of aliphatic hydroxyl groups is 2. The van der Waals surface area contributed by atoms with Crippen LogP contribution in [0.4, 0.5) is 5.69 Å². The lowest BCUT2D eigenvalue weighted by Gasteiger charge is -2.26. The molecule has 0 saturated heterocycles. The second kappa shape index (κ2) is 19.8. The molecule has 7 rings (SSSR count). The summed E-state index contributed by atoms with van der Waals surface area (Å²) < 4.78 is 0. The molecule has 13 nitrogen and oxygen atoms in total. The van der Waals surface area contributed by atoms with Crippen LogP contribution in [0.15, 0.2) is 127 Å². The zero-order valence-corrected chi connectivity index (χ0v) is 32.6. The second-order valence-corrected chi connectivity index (χ2v) is 15.4. The minimum Gasteiger partial charge on any atom is -0.481 e. The standard InChI is InChI=1S/C45H44N4O9S/c50-38-25-32(45(57)58)22-28-15-19-33(20-16-28)46-43(55)39(51)40(52)44(56)49-37(26-34-12-7-21-59-34)42(54)48-36(41(53)47-35(38)23-27-8-3-1-4-9-27)24-29-13-17-31(18-14-29)30-10-5-2-6-11-30/h1-21,32,35-37,39-40,51-52H,22-26H2,(H,46,55)(H,47,53)(H,48,54)(H,49,56)(H,57,58)/t32-,35-,36+,37+,39+,40+/m0/s1. The lowest BCUT2D eigenvalue weighted by Crippen LogP contribution is -2.58. The summed E-state index contributed by atoms with van der Waals surface area (Å²) in [6.45, 7) is 0. The maximum absolute atomic E-state index is 14.4. The zero-order valence-electron chi connectivity index (χ0n) is 31.8. The zero-order chi connectivity index (χ0) is 41.9. The Morgan fingerprint density at radius 1 is 0.559 bits per heavy atom. The van der Waals surface area contributed by atoms with Crippen molar-refractivity contribution in [2.45, 2.75) is 62.4 Å². The highest BCUT2D eigenvalue weighted by Crippen LogP contribution is 2.22. The van der Waals surface area contributed by atoms with Gasteiger partial charge in [0.25, 0.3) is 11.8 Å². The number of hydrogen-bond donors (Lipinski definition) is 7. The third kappa shape index (κ3) is 11.6. The van der Waals surface area contributed by atoms with E-state index in [0.717, 1.165) is 11.1 Å². The number of fused-ring (bicyclic) bond motifs is 18. The first-order chi connectivity index (χ1) is 28.4. The monoisotopic (exact) mass is 816 g/mol. The number of carbonyl (C=O) groups is 6. The number of rotatable bonds is 8. The summed E-state index contributed by atoms with van der Waals surface area (Å²) in [6.07, 6.45) is -5.10. The molecule has 2 bridgehead atoms. The lowest BCUT2D eigenvalue weighted by atomic mass is 9.90. The first-order valence-corrected chi connectivity index (χ1v) is 19.9. The average molecular weight is 817 g/mol. The van der Waals surface area contributed by atoms with Crippen LogP contribution in [0.25, 0.3) is 11.1 Å². The van der Waals surface area contributed by atoms with Gasteiger partial charge in [-0.15, -0.1) is 11.3 Å². The molecule has 5 aromatic rings. The number of aliphatic hydroxyl groups excluding tert-OH is 2. The van der Waals surface area contributed by atoms with E-state index in [9.17, 15) is 44.1 Å². The fourth-order valence-electron chi connectivity index (χ4n) is 6.79. The molecule has 0 saturated carbocycles. The number of carboxylic acid groups (broad SMARTS) is 1. The number of carboxylic acids is 1. The van der Waals surface area contributed by atoms with Gasteiger partial charge >= 0.3 is 5.97 Å². The van der Waals surface area contributed by atoms with Crippen molar-refractivity contribution in [3.05, 3.63) is 148 Å². The normalized spacial score (nSPS) is 22.3. The lowest BCUT2D eigenvalue weighted by molar-refractivity contribution is -0.145. The minimum absolute atomic E-state index is 0.0376. The molecule has 4 amide bonds. The summed E-state index contributed by atoms with van der Waals surface area (Å²) in [5.41, 5.74) is 3.95. The van der Waals surface area contributed by atoms with Gasteiger partial charge in [0.05, 0.1) is 12.0 Å². The molecule has 7 N–H and O–H groups in total. The van der Waals surface area contributed by atoms with Gasteiger partial charge in [-0.2, -0.15) is 0 Å². The molecule has 14 heteroatoms. The van der Waals surface area contributed by atoms with Crippen LogP contribution in [0.1, 0.15) is 28.0 Å². The smallest absolute Gasteiger partial charge is 0.307 e. The largest absolute Gasteiger partial charge is 0.481 e. The van der Waals surface area contributed by atoms with Crippen LogP contribution in [0, 0.1) is 5.92 Å². The summed E-state index contributed by atoms with van der Waals surface area (Å²) in [5, 5.41) is 43.9. The molecule has 0 aliphatic carbocycles. The van der Waals surface area contributed by atoms with Crippen LogP contribution in [-0.4, -0.2) is 81.0 Å². The van der Waals surface area contributed by atoms with Crippen LogP contribution >= 0.6 is 11.3 Å². The maximum atomic E-state index is 14.4. The molecule has 6 atom stereocenters. The summed E-state index contributed by atoms with van der Waals surface area (Å²) in [6, 6.07) is 31.5. The van der Waals surface area contributed by atoms with Gasteiger partial charge in [0, 0.05) is 29.8 Å². The molecular formula is C45H44N4O9S. The van der Waals surface area contributed by atoms with E-state index < -0.39 is 78.1 Å². The predicted octanol–water partition coefficient (Wildman–Crippen LogP) is 3.47. The third-order valence-corrected chi connectivity index (χ3v) is 11.0. The number of amides is 4. The molecule has 3 heterocycles. The summed E-state index contributed by atoms with van der Waals surface area (Å²) in [4.78, 5) is 82.2. The van der Waals surface area contributed by atoms with Crippen molar-refractivity contribution in [1.29, 1.82) is 0 Å². The fourth-order valence-corrected chi connectivity index (χ4v) is 7.54. The highest BCUT2D eigenvalue weighted by molar-refractivity contribution is 7.09. The molecule has 0 unspecified atom stereocenters. The fraction of sp³-hybridized carbons (Fsp3) is 0.244. The number of thiophene rings is 1. The van der Waals surface area contributed by atoms with Crippen LogP contribution in [0.5, 0.6) is 0 Å². The number of nitrogens with one attached hydrogen (secondary N) is 4. The van der Waals surface area contributed by atoms with E-state index in [4.69, 9.17) is 0 Å². The molecule has 0 fully saturated rings. The van der Waals surface area contributed by atoms with Gasteiger partial charge in [-0.3, -0.25) is 28.8 Å². The van der Waals surface area contributed by atoms with Gasteiger partial charge in [0.2, 0.25) is 11.8 Å². The molecule has 4 aromatic carbocycles. The Labute approximate surface area is 344 Å². The molecule has 59 heavy (non-hydrogen) atoms. The number of ketones is 1. The predicted molar refractivity (Wildman–Crippen MR) is 221 cm³/mol. The van der Waals surface area contributed by atoms with E-state index in [2.05, 4.69) is 21.3 Å². The Hall–Kier alpha value is -6.48. The van der Waals surface area contributed by atoms with E-state index in [0.29, 0.717) is 21.6 Å². The third-order valence-electron chi connectivity index (χ3n) is 10.1. The van der Waals surface area contributed by atoms with E-state index in [1.165, 1.54) is 23.5 Å². The van der Waals surface area contributed by atoms with Crippen molar-refractivity contribution in [1.82, 2.24) is 16.0 Å². The van der Waals surface area contributed by atoms with E-state index in [-0.39, 0.29) is 31.4 Å². The molecule has 304 valence electrons. The van der Waals surface area contributed by atoms with Crippen LogP contribution in [0.3, 0.4) is 0 Å². The number of aliphatic carboxylic acids is 1. The topological polar surface area (TPSA) is 211 Å². The average Bonchev–Trinajstić information content (AvgIpc) is 3.76. The SMILES string of the molecule is O=C(O)[C@@H]1CC(=O)[C@H](Cc2ccccc2)NC(=O)[C@@H](Cc2ccc(-c3ccccc3)cc2)NC(=O)[C@@H](Cc2cccs2)NC(=O)[C@H](O)[C@@H](O)C(=O)Nc2ccc(cc2)C1. The Balaban J connectivity index is 1.37. The first-order valence-electron chi connectivity index (χ1n) is 19.1. The molecule has 2 aliphatic rings. The number of benzene rings is 4. The summed E-state index contributed by atoms with van der Waals surface area (Å²) >= 11 is 1.30. The van der Waals surface area contributed by atoms with Gasteiger partial charge in [-0.05, 0) is 64.2 Å². The second-order valence-electron chi connectivity index (χ2n) is 14.4. The van der Waals surface area contributed by atoms with Gasteiger partial charge in [0.1, 0.15) is 12.1 Å². The Morgan fingerprint density at radius 2 is 1.10 bits per heavy atom. The molecule has 0 radical (unpaired) electrons. The van der Waals surface area contributed by atoms with Crippen LogP contribution < -0.4 is 21.3 Å². The van der Waals surface area contributed by atoms with Crippen molar-refractivity contribution in [2.24, 2.45) is 5.92 Å². The number of Topliss-reactive ketones (excluding diaryl/α,β-unsaturated/α-hetero) is 1. The number of hydrogen-bond acceptors (Lipinski definition) is 9. The van der Waals surface area contributed by atoms with Crippen molar-refractivity contribution in [2.75, 3.05) is 5.32 Å². The van der Waals surface area contributed by atoms with Gasteiger partial charge in [-0.25, -0.2) is 0 Å². The number of carbonyl (C=O) groups excluding carboxylic acids is 5. The van der Waals surface area contributed by atoms with Gasteiger partial charge in [0.15, 0.2) is 18.0 Å². The summed E-state index contributed by atoms with van der Waals surface area (Å²) in [5.74, 6) is -6.82. The first kappa shape index (κ1) is 42.1. The molecule has 2 aliphatic heterocycles. The molecule has 1 aromatic heterocycles. The van der Waals surface area contributed by atoms with Crippen molar-refractivity contribution in [3.8, 4) is 11.1 Å². The highest BCUT2D eigenvalue weighted by Gasteiger charge is 2.36. The van der Waals surface area contributed by atoms with E-state index in [1.54, 1.807) is 60.0 Å². The molecular weight excluding hydrogens is 773 g/mol. The number of anilines is 1. The van der Waals surface area contributed by atoms with E-state index >= 15 is 0 Å². The molecule has 0 spiro atoms. The van der Waals surface area contributed by atoms with Crippen LogP contribution in [0.2, 0.25) is 0 Å². The summed E-state index contributed by atoms with van der Waals surface area (Å²) in [7, 11) is 0. The van der Waals surface area contributed by atoms with Crippen LogP contribution in [-0.2, 0) is 54.5 Å².